The Labute approximate surface area is 130 Å². The zero-order valence-corrected chi connectivity index (χ0v) is 12.8. The largest absolute Gasteiger partial charge is 0.349 e. The first-order valence-electron chi connectivity index (χ1n) is 6.81. The number of aromatic nitrogens is 3. The molecule has 1 aromatic carbocycles. The molecule has 0 saturated heterocycles. The summed E-state index contributed by atoms with van der Waals surface area (Å²) < 4.78 is 1.27. The maximum atomic E-state index is 12.2. The second kappa shape index (κ2) is 6.07. The Morgan fingerprint density at radius 1 is 1.36 bits per heavy atom. The smallest absolute Gasteiger partial charge is 0.277 e. The number of thiophene rings is 1. The van der Waals surface area contributed by atoms with Gasteiger partial charge in [0.25, 0.3) is 11.5 Å². The van der Waals surface area contributed by atoms with Crippen LogP contribution < -0.4 is 10.9 Å². The van der Waals surface area contributed by atoms with Crippen molar-refractivity contribution in [3.63, 3.8) is 0 Å². The first-order valence-corrected chi connectivity index (χ1v) is 7.69. The molecule has 3 rings (SSSR count). The van der Waals surface area contributed by atoms with Crippen LogP contribution in [0.4, 0.5) is 0 Å². The van der Waals surface area contributed by atoms with Gasteiger partial charge < -0.3 is 5.32 Å². The van der Waals surface area contributed by atoms with Gasteiger partial charge in [-0.3, -0.25) is 9.59 Å². The molecule has 0 aliphatic rings. The minimum atomic E-state index is -0.202. The Balaban J connectivity index is 1.68. The second-order valence-corrected chi connectivity index (χ2v) is 5.79. The highest BCUT2D eigenvalue weighted by Gasteiger charge is 2.08. The number of carbonyl (C=O) groups is 1. The van der Waals surface area contributed by atoms with E-state index in [1.807, 2.05) is 24.4 Å². The van der Waals surface area contributed by atoms with Crippen LogP contribution in [0.15, 0.2) is 40.5 Å². The number of carbonyl (C=O) groups excluding carboxylic acids is 1. The van der Waals surface area contributed by atoms with Crippen molar-refractivity contribution in [3.8, 4) is 0 Å². The number of amides is 1. The van der Waals surface area contributed by atoms with E-state index in [1.165, 1.54) is 16.0 Å². The van der Waals surface area contributed by atoms with Crippen LogP contribution in [0.3, 0.4) is 0 Å². The second-order valence-electron chi connectivity index (χ2n) is 4.88. The summed E-state index contributed by atoms with van der Waals surface area (Å²) >= 11 is 1.40. The highest BCUT2D eigenvalue weighted by Crippen LogP contribution is 2.12. The summed E-state index contributed by atoms with van der Waals surface area (Å²) in [6, 6.07) is 8.90. The molecule has 7 heteroatoms. The van der Waals surface area contributed by atoms with E-state index in [0.717, 1.165) is 5.56 Å². The van der Waals surface area contributed by atoms with Crippen molar-refractivity contribution in [1.29, 1.82) is 0 Å². The highest BCUT2D eigenvalue weighted by atomic mass is 32.1. The Bertz CT molecular complexity index is 884. The minimum Gasteiger partial charge on any atom is -0.349 e. The number of benzene rings is 1. The molecule has 0 radical (unpaired) electrons. The molecule has 2 aromatic heterocycles. The summed E-state index contributed by atoms with van der Waals surface area (Å²) in [5, 5.41) is 13.1. The molecule has 0 bridgehead atoms. The van der Waals surface area contributed by atoms with Gasteiger partial charge in [-0.05, 0) is 36.1 Å². The molecule has 6 nitrogen and oxygen atoms in total. The average Bonchev–Trinajstić information content (AvgIpc) is 2.96. The highest BCUT2D eigenvalue weighted by molar-refractivity contribution is 7.12. The lowest BCUT2D eigenvalue weighted by atomic mass is 10.2. The molecule has 0 saturated carbocycles. The van der Waals surface area contributed by atoms with E-state index in [-0.39, 0.29) is 18.0 Å². The molecule has 0 atom stereocenters. The molecule has 0 unspecified atom stereocenters. The van der Waals surface area contributed by atoms with Crippen LogP contribution >= 0.6 is 11.3 Å². The third-order valence-corrected chi connectivity index (χ3v) is 4.24. The standard InChI is InChI=1S/C15H14N4O2S/c1-10-8-13(22-9-10)14(20)16-6-7-19-15(21)11-4-2-3-5-12(11)17-18-19/h2-5,8-9H,6-7H2,1H3,(H,16,20). The van der Waals surface area contributed by atoms with Crippen molar-refractivity contribution in [2.45, 2.75) is 13.5 Å². The fourth-order valence-electron chi connectivity index (χ4n) is 2.08. The lowest BCUT2D eigenvalue weighted by Gasteiger charge is -2.06. The summed E-state index contributed by atoms with van der Waals surface area (Å²) in [7, 11) is 0. The van der Waals surface area contributed by atoms with Crippen LogP contribution in [-0.2, 0) is 6.54 Å². The predicted molar refractivity (Wildman–Crippen MR) is 85.2 cm³/mol. The van der Waals surface area contributed by atoms with Gasteiger partial charge >= 0.3 is 0 Å². The SMILES string of the molecule is Cc1csc(C(=O)NCCn2nnc3ccccc3c2=O)c1. The van der Waals surface area contributed by atoms with E-state index in [0.29, 0.717) is 22.3 Å². The first kappa shape index (κ1) is 14.4. The van der Waals surface area contributed by atoms with Gasteiger partial charge in [0.15, 0.2) is 0 Å². The maximum absolute atomic E-state index is 12.2. The summed E-state index contributed by atoms with van der Waals surface area (Å²) in [4.78, 5) is 24.8. The number of fused-ring (bicyclic) bond motifs is 1. The molecular formula is C15H14N4O2S. The van der Waals surface area contributed by atoms with Crippen LogP contribution in [0.1, 0.15) is 15.2 Å². The van der Waals surface area contributed by atoms with Crippen molar-refractivity contribution in [2.75, 3.05) is 6.54 Å². The number of rotatable bonds is 4. The lowest BCUT2D eigenvalue weighted by Crippen LogP contribution is -2.32. The van der Waals surface area contributed by atoms with Gasteiger partial charge in [0, 0.05) is 6.54 Å². The van der Waals surface area contributed by atoms with Gasteiger partial charge in [-0.1, -0.05) is 17.3 Å². The molecule has 0 aliphatic carbocycles. The van der Waals surface area contributed by atoms with Gasteiger partial charge in [0.2, 0.25) is 0 Å². The average molecular weight is 314 g/mol. The van der Waals surface area contributed by atoms with Crippen LogP contribution in [0.25, 0.3) is 10.9 Å². The number of aryl methyl sites for hydroxylation is 1. The predicted octanol–water partition coefficient (Wildman–Crippen LogP) is 1.59. The molecule has 1 N–H and O–H groups in total. The topological polar surface area (TPSA) is 76.9 Å². The van der Waals surface area contributed by atoms with Crippen molar-refractivity contribution >= 4 is 28.1 Å². The van der Waals surface area contributed by atoms with Crippen molar-refractivity contribution in [1.82, 2.24) is 20.3 Å². The molecule has 112 valence electrons. The Morgan fingerprint density at radius 3 is 2.95 bits per heavy atom. The molecule has 0 spiro atoms. The van der Waals surface area contributed by atoms with Crippen LogP contribution in [0.2, 0.25) is 0 Å². The quantitative estimate of drug-likeness (QED) is 0.793. The van der Waals surface area contributed by atoms with Crippen molar-refractivity contribution in [3.05, 3.63) is 56.5 Å². The molecule has 22 heavy (non-hydrogen) atoms. The molecule has 0 aliphatic heterocycles. The van der Waals surface area contributed by atoms with Gasteiger partial charge in [-0.2, -0.15) is 0 Å². The number of nitrogens with zero attached hydrogens (tertiary/aromatic N) is 3. The van der Waals surface area contributed by atoms with Crippen LogP contribution in [0.5, 0.6) is 0 Å². The van der Waals surface area contributed by atoms with E-state index in [1.54, 1.807) is 18.2 Å². The summed E-state index contributed by atoms with van der Waals surface area (Å²) in [6.45, 7) is 2.55. The van der Waals surface area contributed by atoms with Crippen LogP contribution in [0, 0.1) is 6.92 Å². The fraction of sp³-hybridized carbons (Fsp3) is 0.200. The summed E-state index contributed by atoms with van der Waals surface area (Å²) in [6.07, 6.45) is 0. The number of nitrogens with one attached hydrogen (secondary N) is 1. The number of hydrogen-bond donors (Lipinski definition) is 1. The van der Waals surface area contributed by atoms with Gasteiger partial charge in [-0.25, -0.2) is 4.68 Å². The number of hydrogen-bond acceptors (Lipinski definition) is 5. The zero-order chi connectivity index (χ0) is 15.5. The zero-order valence-electron chi connectivity index (χ0n) is 11.9. The molecular weight excluding hydrogens is 300 g/mol. The summed E-state index contributed by atoms with van der Waals surface area (Å²) in [5.74, 6) is -0.139. The van der Waals surface area contributed by atoms with E-state index >= 15 is 0 Å². The molecule has 2 heterocycles. The normalized spacial score (nSPS) is 10.8. The van der Waals surface area contributed by atoms with Crippen molar-refractivity contribution < 1.29 is 4.79 Å². The lowest BCUT2D eigenvalue weighted by molar-refractivity contribution is 0.0955. The van der Waals surface area contributed by atoms with E-state index in [2.05, 4.69) is 15.6 Å². The molecule has 0 fully saturated rings. The first-order chi connectivity index (χ1) is 10.6. The van der Waals surface area contributed by atoms with Gasteiger partial charge in [-0.15, -0.1) is 16.4 Å². The van der Waals surface area contributed by atoms with Crippen LogP contribution in [-0.4, -0.2) is 27.4 Å². The Kier molecular flexibility index (Phi) is 3.97. The maximum Gasteiger partial charge on any atom is 0.277 e. The van der Waals surface area contributed by atoms with Gasteiger partial charge in [0.1, 0.15) is 5.52 Å². The van der Waals surface area contributed by atoms with E-state index < -0.39 is 0 Å². The van der Waals surface area contributed by atoms with Crippen molar-refractivity contribution in [2.24, 2.45) is 0 Å². The van der Waals surface area contributed by atoms with Gasteiger partial charge in [0.05, 0.1) is 16.8 Å². The Morgan fingerprint density at radius 2 is 2.18 bits per heavy atom. The third kappa shape index (κ3) is 2.89. The molecule has 3 aromatic rings. The minimum absolute atomic E-state index is 0.139. The monoisotopic (exact) mass is 314 g/mol. The van der Waals surface area contributed by atoms with E-state index in [9.17, 15) is 9.59 Å². The van der Waals surface area contributed by atoms with E-state index in [4.69, 9.17) is 0 Å². The summed E-state index contributed by atoms with van der Waals surface area (Å²) in [5.41, 5.74) is 1.43. The molecule has 1 amide bonds. The fourth-order valence-corrected chi connectivity index (χ4v) is 2.90. The third-order valence-electron chi connectivity index (χ3n) is 3.19. The Hall–Kier alpha value is -2.54.